The molecule has 19 heavy (non-hydrogen) atoms. The maximum absolute atomic E-state index is 12.6. The van der Waals surface area contributed by atoms with Crippen molar-refractivity contribution < 1.29 is 18.3 Å². The molecule has 0 fully saturated rings. The predicted octanol–water partition coefficient (Wildman–Crippen LogP) is 3.29. The Kier molecular flexibility index (Phi) is 4.21. The summed E-state index contributed by atoms with van der Waals surface area (Å²) in [5, 5.41) is 11.4. The number of halogens is 3. The van der Waals surface area contributed by atoms with Crippen molar-refractivity contribution in [3.63, 3.8) is 0 Å². The number of thiazole rings is 1. The van der Waals surface area contributed by atoms with Crippen LogP contribution in [0.1, 0.15) is 21.8 Å². The van der Waals surface area contributed by atoms with Gasteiger partial charge in [0.2, 0.25) is 0 Å². The minimum absolute atomic E-state index is 0.0206. The van der Waals surface area contributed by atoms with Crippen LogP contribution in [0.4, 0.5) is 13.2 Å². The molecule has 0 atom stereocenters. The van der Waals surface area contributed by atoms with Crippen LogP contribution in [0.2, 0.25) is 0 Å². The molecule has 0 aliphatic carbocycles. The third-order valence-electron chi connectivity index (χ3n) is 2.58. The molecular weight excluding hydrogens is 275 g/mol. The first kappa shape index (κ1) is 14.0. The number of aromatic nitrogens is 1. The quantitative estimate of drug-likeness (QED) is 0.936. The Morgan fingerprint density at radius 3 is 2.74 bits per heavy atom. The summed E-state index contributed by atoms with van der Waals surface area (Å²) in [4.78, 5) is 4.26. The Morgan fingerprint density at radius 2 is 2.05 bits per heavy atom. The number of benzene rings is 1. The average Bonchev–Trinajstić information content (AvgIpc) is 2.76. The fraction of sp³-hybridized carbons (Fsp3) is 0.308. The first-order valence-corrected chi connectivity index (χ1v) is 6.57. The first-order chi connectivity index (χ1) is 8.99. The van der Waals surface area contributed by atoms with Crippen LogP contribution in [0, 0.1) is 0 Å². The second-order valence-corrected chi connectivity index (χ2v) is 5.02. The van der Waals surface area contributed by atoms with E-state index >= 15 is 0 Å². The van der Waals surface area contributed by atoms with Crippen LogP contribution in [0.3, 0.4) is 0 Å². The summed E-state index contributed by atoms with van der Waals surface area (Å²) in [5.41, 5.74) is 0.714. The van der Waals surface area contributed by atoms with E-state index in [4.69, 9.17) is 5.11 Å². The molecule has 1 aromatic carbocycles. The summed E-state index contributed by atoms with van der Waals surface area (Å²) in [7, 11) is 0. The molecule has 0 bridgehead atoms. The highest BCUT2D eigenvalue weighted by Crippen LogP contribution is 2.30. The van der Waals surface area contributed by atoms with Crippen molar-refractivity contribution in [3.05, 3.63) is 51.5 Å². The molecule has 0 aliphatic rings. The molecule has 2 aromatic rings. The SMILES string of the molecule is OCCc1csc(Cc2cccc(C(F)(F)F)c2)n1. The fourth-order valence-electron chi connectivity index (χ4n) is 1.69. The number of aliphatic hydroxyl groups excluding tert-OH is 1. The van der Waals surface area contributed by atoms with Gasteiger partial charge < -0.3 is 5.11 Å². The Labute approximate surface area is 112 Å². The van der Waals surface area contributed by atoms with E-state index in [1.807, 2.05) is 5.38 Å². The Hall–Kier alpha value is -1.40. The van der Waals surface area contributed by atoms with Gasteiger partial charge in [0, 0.05) is 24.8 Å². The van der Waals surface area contributed by atoms with E-state index in [9.17, 15) is 13.2 Å². The maximum Gasteiger partial charge on any atom is 0.416 e. The number of rotatable bonds is 4. The third-order valence-corrected chi connectivity index (χ3v) is 3.47. The molecular formula is C13H12F3NOS. The highest BCUT2D eigenvalue weighted by atomic mass is 32.1. The van der Waals surface area contributed by atoms with Gasteiger partial charge in [-0.2, -0.15) is 13.2 Å². The van der Waals surface area contributed by atoms with Gasteiger partial charge in [-0.25, -0.2) is 4.98 Å². The van der Waals surface area contributed by atoms with Crippen molar-refractivity contribution in [3.8, 4) is 0 Å². The van der Waals surface area contributed by atoms with Gasteiger partial charge in [0.05, 0.1) is 16.3 Å². The van der Waals surface area contributed by atoms with E-state index in [1.54, 1.807) is 6.07 Å². The summed E-state index contributed by atoms with van der Waals surface area (Å²) in [6.07, 6.45) is -3.47. The number of alkyl halides is 3. The molecule has 0 unspecified atom stereocenters. The van der Waals surface area contributed by atoms with Gasteiger partial charge in [-0.15, -0.1) is 11.3 Å². The van der Waals surface area contributed by atoms with Crippen LogP contribution < -0.4 is 0 Å². The van der Waals surface area contributed by atoms with Crippen LogP contribution >= 0.6 is 11.3 Å². The van der Waals surface area contributed by atoms with E-state index in [0.717, 1.165) is 22.8 Å². The molecule has 0 spiro atoms. The van der Waals surface area contributed by atoms with E-state index in [0.29, 0.717) is 18.4 Å². The maximum atomic E-state index is 12.6. The van der Waals surface area contributed by atoms with Crippen molar-refractivity contribution in [1.82, 2.24) is 4.98 Å². The molecule has 0 aliphatic heterocycles. The predicted molar refractivity (Wildman–Crippen MR) is 67.2 cm³/mol. The van der Waals surface area contributed by atoms with Gasteiger partial charge in [0.25, 0.3) is 0 Å². The van der Waals surface area contributed by atoms with E-state index in [1.165, 1.54) is 17.4 Å². The molecule has 2 rings (SSSR count). The van der Waals surface area contributed by atoms with Crippen LogP contribution in [0.25, 0.3) is 0 Å². The zero-order valence-electron chi connectivity index (χ0n) is 9.94. The topological polar surface area (TPSA) is 33.1 Å². The van der Waals surface area contributed by atoms with Gasteiger partial charge in [-0.1, -0.05) is 18.2 Å². The summed E-state index contributed by atoms with van der Waals surface area (Å²) in [6, 6.07) is 5.26. The van der Waals surface area contributed by atoms with E-state index in [2.05, 4.69) is 4.98 Å². The first-order valence-electron chi connectivity index (χ1n) is 5.69. The molecule has 1 N–H and O–H groups in total. The van der Waals surface area contributed by atoms with Gasteiger partial charge >= 0.3 is 6.18 Å². The summed E-state index contributed by atoms with van der Waals surface area (Å²) in [5.74, 6) is 0. The largest absolute Gasteiger partial charge is 0.416 e. The lowest BCUT2D eigenvalue weighted by atomic mass is 10.1. The highest BCUT2D eigenvalue weighted by Gasteiger charge is 2.30. The Morgan fingerprint density at radius 1 is 1.26 bits per heavy atom. The fourth-order valence-corrected chi connectivity index (χ4v) is 2.55. The molecule has 0 amide bonds. The van der Waals surface area contributed by atoms with Gasteiger partial charge in [-0.05, 0) is 11.6 Å². The van der Waals surface area contributed by atoms with Gasteiger partial charge in [-0.3, -0.25) is 0 Å². The smallest absolute Gasteiger partial charge is 0.396 e. The molecule has 0 saturated carbocycles. The second-order valence-electron chi connectivity index (χ2n) is 4.08. The van der Waals surface area contributed by atoms with Crippen molar-refractivity contribution in [2.45, 2.75) is 19.0 Å². The zero-order valence-corrected chi connectivity index (χ0v) is 10.8. The average molecular weight is 287 g/mol. The molecule has 102 valence electrons. The van der Waals surface area contributed by atoms with Crippen molar-refractivity contribution in [2.24, 2.45) is 0 Å². The number of hydrogen-bond donors (Lipinski definition) is 1. The second kappa shape index (κ2) is 5.71. The number of aliphatic hydroxyl groups is 1. The highest BCUT2D eigenvalue weighted by molar-refractivity contribution is 7.09. The normalized spacial score (nSPS) is 11.8. The Bertz CT molecular complexity index is 551. The van der Waals surface area contributed by atoms with E-state index < -0.39 is 11.7 Å². The summed E-state index contributed by atoms with van der Waals surface area (Å²) in [6.45, 7) is 0.0206. The molecule has 1 heterocycles. The summed E-state index contributed by atoms with van der Waals surface area (Å²) >= 11 is 1.39. The Balaban J connectivity index is 2.14. The van der Waals surface area contributed by atoms with E-state index in [-0.39, 0.29) is 6.61 Å². The standard InChI is InChI=1S/C13H12F3NOS/c14-13(15,16)10-3-1-2-9(6-10)7-12-17-11(4-5-18)8-19-12/h1-3,6,8,18H,4-5,7H2. The minimum atomic E-state index is -4.32. The number of hydrogen-bond acceptors (Lipinski definition) is 3. The van der Waals surface area contributed by atoms with Crippen molar-refractivity contribution >= 4 is 11.3 Å². The number of nitrogens with zero attached hydrogens (tertiary/aromatic N) is 1. The van der Waals surface area contributed by atoms with Crippen molar-refractivity contribution in [1.29, 1.82) is 0 Å². The van der Waals surface area contributed by atoms with Crippen LogP contribution in [0.15, 0.2) is 29.6 Å². The van der Waals surface area contributed by atoms with Crippen LogP contribution in [-0.2, 0) is 19.0 Å². The lowest BCUT2D eigenvalue weighted by Gasteiger charge is -2.07. The molecule has 2 nitrogen and oxygen atoms in total. The minimum Gasteiger partial charge on any atom is -0.396 e. The molecule has 1 aromatic heterocycles. The molecule has 6 heteroatoms. The lowest BCUT2D eigenvalue weighted by Crippen LogP contribution is -2.05. The third kappa shape index (κ3) is 3.78. The zero-order chi connectivity index (χ0) is 13.9. The van der Waals surface area contributed by atoms with Gasteiger partial charge in [0.1, 0.15) is 0 Å². The van der Waals surface area contributed by atoms with Gasteiger partial charge in [0.15, 0.2) is 0 Å². The lowest BCUT2D eigenvalue weighted by molar-refractivity contribution is -0.137. The van der Waals surface area contributed by atoms with Crippen LogP contribution in [0.5, 0.6) is 0 Å². The van der Waals surface area contributed by atoms with Crippen LogP contribution in [-0.4, -0.2) is 16.7 Å². The molecule has 0 radical (unpaired) electrons. The summed E-state index contributed by atoms with van der Waals surface area (Å²) < 4.78 is 37.7. The van der Waals surface area contributed by atoms with Crippen molar-refractivity contribution in [2.75, 3.05) is 6.61 Å². The monoisotopic (exact) mass is 287 g/mol. The molecule has 0 saturated heterocycles.